The molecule has 0 saturated carbocycles. The van der Waals surface area contributed by atoms with Gasteiger partial charge in [0.25, 0.3) is 0 Å². The molecule has 1 fully saturated rings. The Morgan fingerprint density at radius 3 is 1.40 bits per heavy atom. The van der Waals surface area contributed by atoms with Crippen LogP contribution in [0.1, 0.15) is 94.2 Å². The smallest absolute Gasteiger partial charge is 0.358 e. The minimum absolute atomic E-state index is 0.0139. The molecule has 4 atom stereocenters. The maximum absolute atomic E-state index is 15.3. The van der Waals surface area contributed by atoms with E-state index in [1.165, 1.54) is 0 Å². The molecule has 8 nitrogen and oxygen atoms in total. The van der Waals surface area contributed by atoms with Crippen LogP contribution in [0, 0.1) is 0 Å². The standard InChI is InChI=1S/C45H81O8PSi4/c1-42(2,3)55(13,14)49-33-37(51-56(15,16)43(4,5)6)39-41(53-58(19,20)45(10,11)12)40(52-57(17,18)44(7,8)9)38(50-39)34-54(46,47-31-35-27-23-21-24-28-35)48-32-36-29-25-22-26-30-36/h21-30,34,37,39-41H,31-33H2,1-20H3/b38-34-/t37-,39+,40+,41+/m1/s1. The van der Waals surface area contributed by atoms with E-state index < -0.39 is 65.3 Å². The van der Waals surface area contributed by atoms with Crippen LogP contribution in [0.25, 0.3) is 0 Å². The van der Waals surface area contributed by atoms with Gasteiger partial charge in [0.15, 0.2) is 39.4 Å². The van der Waals surface area contributed by atoms with Crippen molar-refractivity contribution in [1.82, 2.24) is 0 Å². The van der Waals surface area contributed by atoms with E-state index in [0.717, 1.165) is 11.1 Å². The van der Waals surface area contributed by atoms with Gasteiger partial charge in [-0.3, -0.25) is 4.57 Å². The Kier molecular flexibility index (Phi) is 16.5. The van der Waals surface area contributed by atoms with Gasteiger partial charge in [-0.15, -0.1) is 0 Å². The van der Waals surface area contributed by atoms with Gasteiger partial charge < -0.3 is 31.5 Å². The molecule has 3 rings (SSSR count). The summed E-state index contributed by atoms with van der Waals surface area (Å²) >= 11 is 0. The lowest BCUT2D eigenvalue weighted by atomic mass is 10.1. The minimum Gasteiger partial charge on any atom is -0.486 e. The highest BCUT2D eigenvalue weighted by atomic mass is 31.2. The molecule has 13 heteroatoms. The third-order valence-corrected chi connectivity index (χ3v) is 32.9. The Hall–Kier alpha value is -1.16. The maximum Gasteiger partial charge on any atom is 0.358 e. The van der Waals surface area contributed by atoms with Crippen molar-refractivity contribution >= 4 is 40.9 Å². The van der Waals surface area contributed by atoms with Crippen LogP contribution in [0.15, 0.2) is 72.2 Å². The third kappa shape index (κ3) is 13.4. The topological polar surface area (TPSA) is 81.7 Å². The predicted molar refractivity (Wildman–Crippen MR) is 252 cm³/mol. The van der Waals surface area contributed by atoms with Crippen LogP contribution in [-0.4, -0.2) is 64.3 Å². The number of benzene rings is 2. The van der Waals surface area contributed by atoms with Crippen molar-refractivity contribution in [3.63, 3.8) is 0 Å². The summed E-state index contributed by atoms with van der Waals surface area (Å²) in [6.07, 6.45) is -2.43. The van der Waals surface area contributed by atoms with Crippen LogP contribution < -0.4 is 0 Å². The summed E-state index contributed by atoms with van der Waals surface area (Å²) in [5.41, 5.74) is 1.77. The number of hydrogen-bond donors (Lipinski definition) is 0. The van der Waals surface area contributed by atoms with Crippen molar-refractivity contribution in [3.05, 3.63) is 83.4 Å². The fraction of sp³-hybridized carbons (Fsp3) is 0.689. The van der Waals surface area contributed by atoms with Gasteiger partial charge in [0, 0.05) is 0 Å². The number of ether oxygens (including phenoxy) is 1. The molecule has 1 aliphatic heterocycles. The lowest BCUT2D eigenvalue weighted by molar-refractivity contribution is -0.0495. The van der Waals surface area contributed by atoms with Gasteiger partial charge in [0.2, 0.25) is 0 Å². The molecule has 1 aliphatic rings. The summed E-state index contributed by atoms with van der Waals surface area (Å²) in [7, 11) is -13.7. The number of hydrogen-bond acceptors (Lipinski definition) is 8. The molecule has 2 aromatic carbocycles. The second-order valence-corrected chi connectivity index (χ2v) is 43.2. The van der Waals surface area contributed by atoms with E-state index in [4.69, 9.17) is 31.5 Å². The summed E-state index contributed by atoms with van der Waals surface area (Å²) < 4.78 is 64.6. The molecule has 0 spiro atoms. The Balaban J connectivity index is 2.34. The highest BCUT2D eigenvalue weighted by Crippen LogP contribution is 2.55. The van der Waals surface area contributed by atoms with Gasteiger partial charge in [0.05, 0.1) is 25.6 Å². The first-order valence-corrected chi connectivity index (χ1v) is 34.4. The fourth-order valence-corrected chi connectivity index (χ4v) is 11.5. The van der Waals surface area contributed by atoms with Crippen molar-refractivity contribution in [2.45, 2.75) is 193 Å². The van der Waals surface area contributed by atoms with Crippen LogP contribution in [0.4, 0.5) is 0 Å². The van der Waals surface area contributed by atoms with Gasteiger partial charge in [-0.25, -0.2) is 0 Å². The monoisotopic (exact) mass is 892 g/mol. The zero-order valence-electron chi connectivity index (χ0n) is 40.0. The van der Waals surface area contributed by atoms with E-state index in [-0.39, 0.29) is 33.4 Å². The largest absolute Gasteiger partial charge is 0.486 e. The van der Waals surface area contributed by atoms with Crippen molar-refractivity contribution in [2.24, 2.45) is 0 Å². The zero-order valence-corrected chi connectivity index (χ0v) is 44.9. The summed E-state index contributed by atoms with van der Waals surface area (Å²) in [6.45, 7) is 45.6. The van der Waals surface area contributed by atoms with E-state index in [0.29, 0.717) is 12.4 Å². The van der Waals surface area contributed by atoms with E-state index in [9.17, 15) is 0 Å². The van der Waals surface area contributed by atoms with Crippen LogP contribution in [0.5, 0.6) is 0 Å². The highest BCUT2D eigenvalue weighted by Gasteiger charge is 2.56. The molecule has 330 valence electrons. The molecule has 2 aromatic rings. The molecule has 1 heterocycles. The lowest BCUT2D eigenvalue weighted by Gasteiger charge is -2.46. The molecule has 58 heavy (non-hydrogen) atoms. The Morgan fingerprint density at radius 1 is 0.603 bits per heavy atom. The van der Waals surface area contributed by atoms with Crippen molar-refractivity contribution in [3.8, 4) is 0 Å². The molecule has 0 N–H and O–H groups in total. The molecule has 0 aromatic heterocycles. The first-order valence-electron chi connectivity index (χ1n) is 21.1. The van der Waals surface area contributed by atoms with Crippen molar-refractivity contribution in [1.29, 1.82) is 0 Å². The van der Waals surface area contributed by atoms with E-state index in [2.05, 4.69) is 135 Å². The average Bonchev–Trinajstić information content (AvgIpc) is 3.38. The van der Waals surface area contributed by atoms with Gasteiger partial charge in [-0.2, -0.15) is 0 Å². The summed E-state index contributed by atoms with van der Waals surface area (Å²) in [6, 6.07) is 19.5. The van der Waals surface area contributed by atoms with Crippen LogP contribution in [-0.2, 0) is 49.3 Å². The van der Waals surface area contributed by atoms with Crippen LogP contribution in [0.3, 0.4) is 0 Å². The molecule has 0 amide bonds. The van der Waals surface area contributed by atoms with Gasteiger partial charge in [-0.05, 0) is 83.7 Å². The quantitative estimate of drug-likeness (QED) is 0.115. The van der Waals surface area contributed by atoms with Crippen molar-refractivity contribution in [2.75, 3.05) is 6.61 Å². The maximum atomic E-state index is 15.3. The normalized spacial score (nSPS) is 20.7. The zero-order chi connectivity index (χ0) is 44.4. The second-order valence-electron chi connectivity index (χ2n) is 22.3. The SMILES string of the molecule is CC(C)(C)[Si](C)(C)OC[C@@H](O[Si](C)(C)C(C)(C)C)[C@@H]1O/C(=C\P(=O)(OCc2ccccc2)OCc2ccccc2)[C@H](O[Si](C)(C)C(C)(C)C)[C@H]1O[Si](C)(C)C(C)(C)C. The van der Waals surface area contributed by atoms with Crippen molar-refractivity contribution < 1.29 is 36.1 Å². The van der Waals surface area contributed by atoms with Gasteiger partial charge in [-0.1, -0.05) is 144 Å². The van der Waals surface area contributed by atoms with Crippen LogP contribution >= 0.6 is 7.60 Å². The summed E-state index contributed by atoms with van der Waals surface area (Å²) in [4.78, 5) is 0. The lowest BCUT2D eigenvalue weighted by Crippen LogP contribution is -2.57. The van der Waals surface area contributed by atoms with E-state index >= 15 is 4.57 Å². The molecular weight excluding hydrogens is 812 g/mol. The Bertz CT molecular complexity index is 1640. The average molecular weight is 893 g/mol. The van der Waals surface area contributed by atoms with Gasteiger partial charge >= 0.3 is 7.60 Å². The Morgan fingerprint density at radius 2 is 1.00 bits per heavy atom. The van der Waals surface area contributed by atoms with Gasteiger partial charge in [0.1, 0.15) is 24.1 Å². The highest BCUT2D eigenvalue weighted by molar-refractivity contribution is 7.57. The first kappa shape index (κ1) is 51.2. The Labute approximate surface area is 358 Å². The van der Waals surface area contributed by atoms with Crippen LogP contribution in [0.2, 0.25) is 72.5 Å². The molecule has 0 aliphatic carbocycles. The first-order chi connectivity index (χ1) is 26.1. The summed E-state index contributed by atoms with van der Waals surface area (Å²) in [5.74, 6) is 1.98. The summed E-state index contributed by atoms with van der Waals surface area (Å²) in [5, 5.41) is -0.359. The fourth-order valence-electron chi connectivity index (χ4n) is 5.29. The molecule has 0 unspecified atom stereocenters. The second kappa shape index (κ2) is 18.7. The molecule has 1 saturated heterocycles. The van der Waals surface area contributed by atoms with E-state index in [1.807, 2.05) is 60.7 Å². The minimum atomic E-state index is -3.99. The molecular formula is C45H81O8PSi4. The molecule has 0 radical (unpaired) electrons. The number of rotatable bonds is 17. The third-order valence-electron chi connectivity index (χ3n) is 13.5. The molecule has 0 bridgehead atoms. The van der Waals surface area contributed by atoms with E-state index in [1.54, 1.807) is 5.82 Å². The predicted octanol–water partition coefficient (Wildman–Crippen LogP) is 14.0.